The lowest BCUT2D eigenvalue weighted by Gasteiger charge is -2.10. The fraction of sp³-hybridized carbons (Fsp3) is 0. The third-order valence-corrected chi connectivity index (χ3v) is 7.93. The molecule has 0 fully saturated rings. The Morgan fingerprint density at radius 1 is 0.450 bits per heavy atom. The van der Waals surface area contributed by atoms with Gasteiger partial charge in [-0.15, -0.1) is 0 Å². The average molecular weight is 510 g/mol. The molecule has 3 nitrogen and oxygen atoms in total. The number of para-hydroxylation sites is 3. The van der Waals surface area contributed by atoms with Crippen LogP contribution in [-0.2, 0) is 0 Å². The van der Waals surface area contributed by atoms with Crippen LogP contribution in [0, 0.1) is 11.3 Å². The molecule has 0 N–H and O–H groups in total. The van der Waals surface area contributed by atoms with Gasteiger partial charge in [0.15, 0.2) is 0 Å². The highest BCUT2D eigenvalue weighted by molar-refractivity contribution is 6.17. The van der Waals surface area contributed by atoms with Crippen LogP contribution in [0.25, 0.3) is 66.1 Å². The van der Waals surface area contributed by atoms with Crippen molar-refractivity contribution in [3.05, 3.63) is 145 Å². The van der Waals surface area contributed by atoms with Crippen LogP contribution in [0.4, 0.5) is 0 Å². The number of benzene rings is 6. The number of hydrogen-bond donors (Lipinski definition) is 0. The Labute approximate surface area is 231 Å². The molecule has 8 aromatic rings. The van der Waals surface area contributed by atoms with E-state index in [0.717, 1.165) is 38.7 Å². The van der Waals surface area contributed by atoms with Crippen LogP contribution in [0.15, 0.2) is 140 Å². The maximum Gasteiger partial charge on any atom is 0.0991 e. The molecule has 8 rings (SSSR count). The third kappa shape index (κ3) is 3.24. The van der Waals surface area contributed by atoms with Crippen LogP contribution >= 0.6 is 0 Å². The van der Waals surface area contributed by atoms with Gasteiger partial charge in [0.05, 0.1) is 33.7 Å². The van der Waals surface area contributed by atoms with E-state index in [2.05, 4.69) is 137 Å². The van der Waals surface area contributed by atoms with E-state index < -0.39 is 0 Å². The van der Waals surface area contributed by atoms with E-state index in [0.29, 0.717) is 5.56 Å². The molecule has 6 aromatic carbocycles. The minimum absolute atomic E-state index is 0.665. The Hall–Kier alpha value is -5.59. The molecule has 186 valence electrons. The molecule has 0 atom stereocenters. The minimum atomic E-state index is 0.665. The van der Waals surface area contributed by atoms with Gasteiger partial charge in [-0.3, -0.25) is 0 Å². The maximum atomic E-state index is 9.68. The van der Waals surface area contributed by atoms with Gasteiger partial charge in [0, 0.05) is 32.9 Å². The van der Waals surface area contributed by atoms with Crippen molar-refractivity contribution in [2.24, 2.45) is 0 Å². The van der Waals surface area contributed by atoms with Crippen molar-refractivity contribution >= 4 is 43.6 Å². The van der Waals surface area contributed by atoms with E-state index in [1.54, 1.807) is 0 Å². The van der Waals surface area contributed by atoms with Gasteiger partial charge in [-0.2, -0.15) is 5.26 Å². The first kappa shape index (κ1) is 22.4. The average Bonchev–Trinajstić information content (AvgIpc) is 3.54. The zero-order valence-corrected chi connectivity index (χ0v) is 21.6. The van der Waals surface area contributed by atoms with E-state index in [-0.39, 0.29) is 0 Å². The first-order valence-corrected chi connectivity index (χ1v) is 13.4. The van der Waals surface area contributed by atoms with Crippen LogP contribution in [0.2, 0.25) is 0 Å². The number of nitriles is 1. The van der Waals surface area contributed by atoms with Crippen LogP contribution in [0.5, 0.6) is 0 Å². The molecule has 0 bridgehead atoms. The molecule has 2 heterocycles. The van der Waals surface area contributed by atoms with Gasteiger partial charge in [0.2, 0.25) is 0 Å². The molecule has 0 radical (unpaired) electrons. The second-order valence-corrected chi connectivity index (χ2v) is 10.1. The fourth-order valence-electron chi connectivity index (χ4n) is 6.23. The van der Waals surface area contributed by atoms with Gasteiger partial charge in [-0.05, 0) is 77.9 Å². The predicted molar refractivity (Wildman–Crippen MR) is 165 cm³/mol. The van der Waals surface area contributed by atoms with E-state index in [4.69, 9.17) is 0 Å². The number of fused-ring (bicyclic) bond motifs is 6. The Bertz CT molecular complexity index is 2260. The van der Waals surface area contributed by atoms with Crippen LogP contribution in [0.1, 0.15) is 5.56 Å². The van der Waals surface area contributed by atoms with Crippen molar-refractivity contribution < 1.29 is 0 Å². The van der Waals surface area contributed by atoms with Crippen molar-refractivity contribution in [1.29, 1.82) is 5.26 Å². The minimum Gasteiger partial charge on any atom is -0.309 e. The highest BCUT2D eigenvalue weighted by atomic mass is 15.0. The topological polar surface area (TPSA) is 33.6 Å². The van der Waals surface area contributed by atoms with E-state index >= 15 is 0 Å². The number of hydrogen-bond acceptors (Lipinski definition) is 1. The standard InChI is InChI=1S/C37H23N3/c38-24-25-18-20-34-31(22-25)32-23-26(19-21-35(32)39(34)27-10-3-1-4-11-27)29-15-9-17-36-37(29)30-14-7-8-16-33(30)40(36)28-12-5-2-6-13-28/h1-23H. The lowest BCUT2D eigenvalue weighted by Crippen LogP contribution is -1.93. The maximum absolute atomic E-state index is 9.68. The Morgan fingerprint density at radius 2 is 1.02 bits per heavy atom. The summed E-state index contributed by atoms with van der Waals surface area (Å²) in [4.78, 5) is 0. The lowest BCUT2D eigenvalue weighted by molar-refractivity contribution is 1.18. The molecule has 0 saturated carbocycles. The largest absolute Gasteiger partial charge is 0.309 e. The number of aromatic nitrogens is 2. The molecule has 0 aliphatic rings. The first-order valence-electron chi connectivity index (χ1n) is 13.4. The van der Waals surface area contributed by atoms with Crippen LogP contribution in [-0.4, -0.2) is 9.13 Å². The van der Waals surface area contributed by atoms with E-state index in [9.17, 15) is 5.26 Å². The molecule has 0 amide bonds. The molecule has 3 heteroatoms. The van der Waals surface area contributed by atoms with Crippen molar-refractivity contribution in [3.63, 3.8) is 0 Å². The van der Waals surface area contributed by atoms with E-state index in [1.165, 1.54) is 27.4 Å². The molecule has 0 saturated heterocycles. The molecule has 40 heavy (non-hydrogen) atoms. The smallest absolute Gasteiger partial charge is 0.0991 e. The number of rotatable bonds is 3. The number of nitrogens with zero attached hydrogens (tertiary/aromatic N) is 3. The van der Waals surface area contributed by atoms with Crippen molar-refractivity contribution in [2.75, 3.05) is 0 Å². The van der Waals surface area contributed by atoms with Gasteiger partial charge in [0.1, 0.15) is 0 Å². The van der Waals surface area contributed by atoms with E-state index in [1.807, 2.05) is 18.2 Å². The van der Waals surface area contributed by atoms with Gasteiger partial charge < -0.3 is 9.13 Å². The molecular formula is C37H23N3. The second-order valence-electron chi connectivity index (χ2n) is 10.1. The summed E-state index contributed by atoms with van der Waals surface area (Å²) in [6.45, 7) is 0. The Morgan fingerprint density at radius 3 is 1.75 bits per heavy atom. The summed E-state index contributed by atoms with van der Waals surface area (Å²) in [6, 6.07) is 51.3. The van der Waals surface area contributed by atoms with Gasteiger partial charge in [-0.25, -0.2) is 0 Å². The summed E-state index contributed by atoms with van der Waals surface area (Å²) >= 11 is 0. The summed E-state index contributed by atoms with van der Waals surface area (Å²) in [5.74, 6) is 0. The quantitative estimate of drug-likeness (QED) is 0.233. The zero-order valence-electron chi connectivity index (χ0n) is 21.6. The van der Waals surface area contributed by atoms with Gasteiger partial charge >= 0.3 is 0 Å². The highest BCUT2D eigenvalue weighted by Gasteiger charge is 2.18. The summed E-state index contributed by atoms with van der Waals surface area (Å²) in [6.07, 6.45) is 0. The van der Waals surface area contributed by atoms with Crippen molar-refractivity contribution in [3.8, 4) is 28.6 Å². The summed E-state index contributed by atoms with van der Waals surface area (Å²) in [5, 5.41) is 14.4. The normalized spacial score (nSPS) is 11.5. The fourth-order valence-corrected chi connectivity index (χ4v) is 6.23. The van der Waals surface area contributed by atoms with Gasteiger partial charge in [0.25, 0.3) is 0 Å². The van der Waals surface area contributed by atoms with Crippen LogP contribution in [0.3, 0.4) is 0 Å². The molecular weight excluding hydrogens is 486 g/mol. The molecule has 0 aliphatic heterocycles. The van der Waals surface area contributed by atoms with Crippen molar-refractivity contribution in [1.82, 2.24) is 9.13 Å². The summed E-state index contributed by atoms with van der Waals surface area (Å²) in [7, 11) is 0. The van der Waals surface area contributed by atoms with Crippen molar-refractivity contribution in [2.45, 2.75) is 0 Å². The molecule has 0 spiro atoms. The van der Waals surface area contributed by atoms with Gasteiger partial charge in [-0.1, -0.05) is 72.8 Å². The monoisotopic (exact) mass is 509 g/mol. The lowest BCUT2D eigenvalue weighted by atomic mass is 9.97. The SMILES string of the molecule is N#Cc1ccc2c(c1)c1cc(-c3cccc4c3c3ccccc3n4-c3ccccc3)ccc1n2-c1ccccc1. The Balaban J connectivity index is 1.45. The second kappa shape index (κ2) is 8.73. The first-order chi connectivity index (χ1) is 19.8. The van der Waals surface area contributed by atoms with Crippen LogP contribution < -0.4 is 0 Å². The molecule has 0 aliphatic carbocycles. The highest BCUT2D eigenvalue weighted by Crippen LogP contribution is 2.41. The summed E-state index contributed by atoms with van der Waals surface area (Å²) < 4.78 is 4.64. The predicted octanol–water partition coefficient (Wildman–Crippen LogP) is 9.42. The summed E-state index contributed by atoms with van der Waals surface area (Å²) in [5.41, 5.74) is 9.86. The molecule has 0 unspecified atom stereocenters. The zero-order chi connectivity index (χ0) is 26.6. The molecule has 2 aromatic heterocycles. The Kier molecular flexibility index (Phi) is 4.89. The third-order valence-electron chi connectivity index (χ3n) is 7.93.